The minimum absolute atomic E-state index is 0.0208. The summed E-state index contributed by atoms with van der Waals surface area (Å²) in [7, 11) is 1.35. The molecule has 4 heteroatoms. The Kier molecular flexibility index (Phi) is 5.39. The number of benzene rings is 2. The molecule has 2 aromatic rings. The number of ketones is 1. The molecule has 0 spiro atoms. The van der Waals surface area contributed by atoms with Gasteiger partial charge in [-0.25, -0.2) is 4.79 Å². The normalized spacial score (nSPS) is 11.0. The summed E-state index contributed by atoms with van der Waals surface area (Å²) in [6, 6.07) is 14.6. The van der Waals surface area contributed by atoms with Crippen LogP contribution in [0.3, 0.4) is 0 Å². The Morgan fingerprint density at radius 3 is 1.96 bits per heavy atom. The molecule has 24 heavy (non-hydrogen) atoms. The Morgan fingerprint density at radius 2 is 1.46 bits per heavy atom. The SMILES string of the molecule is COC(=O)c1ccc(NCC(=O)c2ccc(C(C)(C)C)cc2)cc1. The molecule has 0 aliphatic heterocycles. The van der Waals surface area contributed by atoms with Crippen LogP contribution in [0.4, 0.5) is 5.69 Å². The zero-order valence-corrected chi connectivity index (χ0v) is 14.6. The number of hydrogen-bond donors (Lipinski definition) is 1. The van der Waals surface area contributed by atoms with Crippen LogP contribution in [0, 0.1) is 0 Å². The predicted octanol–water partition coefficient (Wildman–Crippen LogP) is 4.07. The molecule has 0 atom stereocenters. The summed E-state index contributed by atoms with van der Waals surface area (Å²) in [5.74, 6) is -0.357. The Balaban J connectivity index is 1.96. The van der Waals surface area contributed by atoms with Crippen molar-refractivity contribution in [2.45, 2.75) is 26.2 Å². The van der Waals surface area contributed by atoms with Crippen molar-refractivity contribution in [3.8, 4) is 0 Å². The second-order valence-electron chi connectivity index (χ2n) is 6.67. The van der Waals surface area contributed by atoms with Gasteiger partial charge in [0.1, 0.15) is 0 Å². The summed E-state index contributed by atoms with van der Waals surface area (Å²) in [6.07, 6.45) is 0. The van der Waals surface area contributed by atoms with Gasteiger partial charge < -0.3 is 10.1 Å². The lowest BCUT2D eigenvalue weighted by molar-refractivity contribution is 0.0600. The van der Waals surface area contributed by atoms with Crippen molar-refractivity contribution in [1.29, 1.82) is 0 Å². The molecule has 2 rings (SSSR count). The Bertz CT molecular complexity index is 710. The minimum Gasteiger partial charge on any atom is -0.465 e. The van der Waals surface area contributed by atoms with E-state index in [1.807, 2.05) is 24.3 Å². The highest BCUT2D eigenvalue weighted by molar-refractivity contribution is 5.99. The van der Waals surface area contributed by atoms with Crippen molar-refractivity contribution in [3.05, 3.63) is 65.2 Å². The molecule has 4 nitrogen and oxygen atoms in total. The minimum atomic E-state index is -0.378. The number of carbonyl (C=O) groups is 2. The first-order valence-electron chi connectivity index (χ1n) is 7.87. The van der Waals surface area contributed by atoms with Crippen LogP contribution in [-0.2, 0) is 10.2 Å². The van der Waals surface area contributed by atoms with Crippen LogP contribution in [0.25, 0.3) is 0 Å². The summed E-state index contributed by atoms with van der Waals surface area (Å²) < 4.78 is 4.65. The van der Waals surface area contributed by atoms with Gasteiger partial charge in [0.25, 0.3) is 0 Å². The molecule has 0 saturated carbocycles. The van der Waals surface area contributed by atoms with E-state index in [1.54, 1.807) is 24.3 Å². The molecule has 0 amide bonds. The first kappa shape index (κ1) is 17.7. The lowest BCUT2D eigenvalue weighted by Gasteiger charge is -2.19. The third kappa shape index (κ3) is 4.44. The molecule has 0 radical (unpaired) electrons. The van der Waals surface area contributed by atoms with E-state index in [-0.39, 0.29) is 23.7 Å². The maximum absolute atomic E-state index is 12.3. The lowest BCUT2D eigenvalue weighted by atomic mass is 9.86. The second kappa shape index (κ2) is 7.30. The van der Waals surface area contributed by atoms with Gasteiger partial charge in [-0.05, 0) is 35.2 Å². The molecule has 2 aromatic carbocycles. The standard InChI is InChI=1S/C20H23NO3/c1-20(2,3)16-9-5-14(6-10-16)18(22)13-21-17-11-7-15(8-12-17)19(23)24-4/h5-12,21H,13H2,1-4H3. The predicted molar refractivity (Wildman–Crippen MR) is 95.7 cm³/mol. The lowest BCUT2D eigenvalue weighted by Crippen LogP contribution is -2.15. The summed E-state index contributed by atoms with van der Waals surface area (Å²) in [6.45, 7) is 6.63. The van der Waals surface area contributed by atoms with Crippen molar-refractivity contribution in [2.75, 3.05) is 19.0 Å². The molecule has 0 fully saturated rings. The van der Waals surface area contributed by atoms with Gasteiger partial charge in [0.05, 0.1) is 19.2 Å². The Morgan fingerprint density at radius 1 is 0.917 bits per heavy atom. The van der Waals surface area contributed by atoms with Crippen LogP contribution in [0.1, 0.15) is 47.1 Å². The van der Waals surface area contributed by atoms with E-state index in [2.05, 4.69) is 30.8 Å². The molecule has 0 aliphatic rings. The second-order valence-corrected chi connectivity index (χ2v) is 6.67. The highest BCUT2D eigenvalue weighted by Gasteiger charge is 2.14. The van der Waals surface area contributed by atoms with E-state index in [4.69, 9.17) is 0 Å². The fourth-order valence-corrected chi connectivity index (χ4v) is 2.28. The number of esters is 1. The van der Waals surface area contributed by atoms with E-state index in [1.165, 1.54) is 12.7 Å². The van der Waals surface area contributed by atoms with Gasteiger partial charge in [-0.1, -0.05) is 45.0 Å². The number of methoxy groups -OCH3 is 1. The zero-order chi connectivity index (χ0) is 17.7. The average molecular weight is 325 g/mol. The van der Waals surface area contributed by atoms with Crippen molar-refractivity contribution in [3.63, 3.8) is 0 Å². The monoisotopic (exact) mass is 325 g/mol. The Hall–Kier alpha value is -2.62. The van der Waals surface area contributed by atoms with Gasteiger partial charge in [0.15, 0.2) is 5.78 Å². The zero-order valence-electron chi connectivity index (χ0n) is 14.6. The molecular weight excluding hydrogens is 302 g/mol. The number of hydrogen-bond acceptors (Lipinski definition) is 4. The largest absolute Gasteiger partial charge is 0.465 e. The third-order valence-corrected chi connectivity index (χ3v) is 3.83. The van der Waals surface area contributed by atoms with Gasteiger partial charge in [0, 0.05) is 11.3 Å². The number of ether oxygens (including phenoxy) is 1. The smallest absolute Gasteiger partial charge is 0.337 e. The number of nitrogens with one attached hydrogen (secondary N) is 1. The fourth-order valence-electron chi connectivity index (χ4n) is 2.28. The van der Waals surface area contributed by atoms with Crippen LogP contribution in [0.15, 0.2) is 48.5 Å². The molecule has 0 aliphatic carbocycles. The number of rotatable bonds is 5. The molecule has 126 valence electrons. The maximum Gasteiger partial charge on any atom is 0.337 e. The molecule has 0 saturated heterocycles. The van der Waals surface area contributed by atoms with Gasteiger partial charge in [-0.3, -0.25) is 4.79 Å². The summed E-state index contributed by atoms with van der Waals surface area (Å²) in [4.78, 5) is 23.6. The van der Waals surface area contributed by atoms with E-state index in [9.17, 15) is 9.59 Å². The van der Waals surface area contributed by atoms with E-state index < -0.39 is 0 Å². The van der Waals surface area contributed by atoms with Crippen molar-refractivity contribution >= 4 is 17.4 Å². The van der Waals surface area contributed by atoms with E-state index in [0.717, 1.165) is 5.69 Å². The molecule has 0 bridgehead atoms. The number of Topliss-reactive ketones (excluding diaryl/α,β-unsaturated/α-hetero) is 1. The van der Waals surface area contributed by atoms with Crippen molar-refractivity contribution in [1.82, 2.24) is 0 Å². The molecular formula is C20H23NO3. The van der Waals surface area contributed by atoms with Gasteiger partial charge >= 0.3 is 5.97 Å². The number of anilines is 1. The highest BCUT2D eigenvalue weighted by atomic mass is 16.5. The van der Waals surface area contributed by atoms with Gasteiger partial charge in [-0.2, -0.15) is 0 Å². The summed E-state index contributed by atoms with van der Waals surface area (Å²) in [5.41, 5.74) is 3.21. The summed E-state index contributed by atoms with van der Waals surface area (Å²) >= 11 is 0. The van der Waals surface area contributed by atoms with Crippen LogP contribution in [0.2, 0.25) is 0 Å². The van der Waals surface area contributed by atoms with Crippen LogP contribution >= 0.6 is 0 Å². The van der Waals surface area contributed by atoms with Crippen LogP contribution in [-0.4, -0.2) is 25.4 Å². The molecule has 0 unspecified atom stereocenters. The molecule has 0 aromatic heterocycles. The summed E-state index contributed by atoms with van der Waals surface area (Å²) in [5, 5.41) is 3.07. The van der Waals surface area contributed by atoms with Crippen LogP contribution < -0.4 is 5.32 Å². The quantitative estimate of drug-likeness (QED) is 0.665. The van der Waals surface area contributed by atoms with E-state index in [0.29, 0.717) is 11.1 Å². The van der Waals surface area contributed by atoms with Gasteiger partial charge in [0.2, 0.25) is 0 Å². The first-order chi connectivity index (χ1) is 11.3. The van der Waals surface area contributed by atoms with Gasteiger partial charge in [-0.15, -0.1) is 0 Å². The maximum atomic E-state index is 12.3. The fraction of sp³-hybridized carbons (Fsp3) is 0.300. The first-order valence-corrected chi connectivity index (χ1v) is 7.87. The highest BCUT2D eigenvalue weighted by Crippen LogP contribution is 2.22. The number of carbonyl (C=O) groups excluding carboxylic acids is 2. The van der Waals surface area contributed by atoms with E-state index >= 15 is 0 Å². The molecule has 1 N–H and O–H groups in total. The van der Waals surface area contributed by atoms with Crippen LogP contribution in [0.5, 0.6) is 0 Å². The molecule has 0 heterocycles. The van der Waals surface area contributed by atoms with Crippen molar-refractivity contribution < 1.29 is 14.3 Å². The average Bonchev–Trinajstić information content (AvgIpc) is 2.58. The topological polar surface area (TPSA) is 55.4 Å². The third-order valence-electron chi connectivity index (χ3n) is 3.83. The van der Waals surface area contributed by atoms with Crippen molar-refractivity contribution in [2.24, 2.45) is 0 Å². The Labute approximate surface area is 142 Å².